The fourth-order valence-electron chi connectivity index (χ4n) is 2.61. The predicted molar refractivity (Wildman–Crippen MR) is 94.3 cm³/mol. The topological polar surface area (TPSA) is 89.8 Å². The lowest BCUT2D eigenvalue weighted by atomic mass is 9.84. The highest BCUT2D eigenvalue weighted by Crippen LogP contribution is 2.36. The van der Waals surface area contributed by atoms with Gasteiger partial charge in [-0.1, -0.05) is 19.9 Å². The lowest BCUT2D eigenvalue weighted by Crippen LogP contribution is -2.38. The fourth-order valence-corrected chi connectivity index (χ4v) is 2.61. The lowest BCUT2D eigenvalue weighted by molar-refractivity contribution is -0.121. The second-order valence-electron chi connectivity index (χ2n) is 6.71. The molecule has 138 valence electrons. The summed E-state index contributed by atoms with van der Waals surface area (Å²) in [6.07, 6.45) is 1.63. The molecule has 0 atom stereocenters. The van der Waals surface area contributed by atoms with Crippen molar-refractivity contribution in [1.82, 2.24) is 10.6 Å². The van der Waals surface area contributed by atoms with Crippen LogP contribution in [0, 0.1) is 0 Å². The molecule has 0 saturated carbocycles. The van der Waals surface area contributed by atoms with E-state index in [0.717, 1.165) is 17.1 Å². The first-order chi connectivity index (χ1) is 12.5. The van der Waals surface area contributed by atoms with E-state index in [-0.39, 0.29) is 42.7 Å². The lowest BCUT2D eigenvalue weighted by Gasteiger charge is -2.26. The van der Waals surface area contributed by atoms with E-state index < -0.39 is 0 Å². The van der Waals surface area contributed by atoms with Crippen molar-refractivity contribution in [2.45, 2.75) is 25.7 Å². The van der Waals surface area contributed by atoms with Crippen LogP contribution in [0.25, 0.3) is 0 Å². The molecule has 2 aromatic rings. The smallest absolute Gasteiger partial charge is 0.286 e. The van der Waals surface area contributed by atoms with E-state index in [9.17, 15) is 9.59 Å². The maximum absolute atomic E-state index is 12.0. The molecule has 0 bridgehead atoms. The summed E-state index contributed by atoms with van der Waals surface area (Å²) in [5, 5.41) is 5.56. The molecule has 1 aromatic heterocycles. The van der Waals surface area contributed by atoms with Gasteiger partial charge in [0.2, 0.25) is 12.7 Å². The second-order valence-corrected chi connectivity index (χ2v) is 6.71. The van der Waals surface area contributed by atoms with Crippen LogP contribution in [0.3, 0.4) is 0 Å². The quantitative estimate of drug-likeness (QED) is 0.792. The summed E-state index contributed by atoms with van der Waals surface area (Å²) >= 11 is 0. The summed E-state index contributed by atoms with van der Waals surface area (Å²) in [6.45, 7) is 5.04. The molecule has 1 aromatic carbocycles. The van der Waals surface area contributed by atoms with Crippen molar-refractivity contribution in [3.8, 4) is 11.5 Å². The van der Waals surface area contributed by atoms with Gasteiger partial charge in [-0.2, -0.15) is 0 Å². The predicted octanol–water partition coefficient (Wildman–Crippen LogP) is 2.22. The fraction of sp³-hybridized carbons (Fsp3) is 0.368. The van der Waals surface area contributed by atoms with Crippen molar-refractivity contribution in [1.29, 1.82) is 0 Å². The van der Waals surface area contributed by atoms with E-state index in [1.165, 1.54) is 6.26 Å². The van der Waals surface area contributed by atoms with Crippen molar-refractivity contribution in [3.05, 3.63) is 47.9 Å². The van der Waals surface area contributed by atoms with Gasteiger partial charge in [0, 0.05) is 24.9 Å². The first-order valence-electron chi connectivity index (χ1n) is 8.44. The molecule has 2 heterocycles. The maximum atomic E-state index is 12.0. The van der Waals surface area contributed by atoms with Crippen molar-refractivity contribution in [3.63, 3.8) is 0 Å². The van der Waals surface area contributed by atoms with Gasteiger partial charge in [0.1, 0.15) is 0 Å². The monoisotopic (exact) mass is 358 g/mol. The van der Waals surface area contributed by atoms with Crippen LogP contribution in [-0.4, -0.2) is 31.7 Å². The van der Waals surface area contributed by atoms with E-state index in [0.29, 0.717) is 6.54 Å². The van der Waals surface area contributed by atoms with Crippen molar-refractivity contribution < 1.29 is 23.5 Å². The minimum atomic E-state index is -0.330. The van der Waals surface area contributed by atoms with Crippen LogP contribution in [0.4, 0.5) is 0 Å². The highest BCUT2D eigenvalue weighted by Gasteiger charge is 2.24. The molecule has 2 N–H and O–H groups in total. The van der Waals surface area contributed by atoms with E-state index in [4.69, 9.17) is 13.9 Å². The maximum Gasteiger partial charge on any atom is 0.286 e. The molecule has 26 heavy (non-hydrogen) atoms. The molecular weight excluding hydrogens is 336 g/mol. The van der Waals surface area contributed by atoms with Crippen LogP contribution in [0.15, 0.2) is 41.0 Å². The van der Waals surface area contributed by atoms with Crippen molar-refractivity contribution in [2.75, 3.05) is 19.9 Å². The molecule has 0 saturated heterocycles. The first-order valence-corrected chi connectivity index (χ1v) is 8.44. The van der Waals surface area contributed by atoms with E-state index in [2.05, 4.69) is 10.6 Å². The van der Waals surface area contributed by atoms with Gasteiger partial charge < -0.3 is 24.5 Å². The van der Waals surface area contributed by atoms with Gasteiger partial charge in [-0.3, -0.25) is 9.59 Å². The first kappa shape index (κ1) is 17.8. The number of hydrogen-bond acceptors (Lipinski definition) is 5. The molecule has 3 rings (SSSR count). The summed E-state index contributed by atoms with van der Waals surface area (Å²) in [6, 6.07) is 9.01. The summed E-state index contributed by atoms with van der Waals surface area (Å²) in [4.78, 5) is 23.8. The van der Waals surface area contributed by atoms with Crippen LogP contribution >= 0.6 is 0 Å². The average Bonchev–Trinajstić information content (AvgIpc) is 3.30. The molecule has 1 aliphatic heterocycles. The summed E-state index contributed by atoms with van der Waals surface area (Å²) < 4.78 is 15.7. The van der Waals surface area contributed by atoms with Crippen molar-refractivity contribution >= 4 is 11.8 Å². The number of amides is 2. The number of ether oxygens (including phenoxy) is 2. The number of carbonyl (C=O) groups excluding carboxylic acids is 2. The molecule has 2 amide bonds. The van der Waals surface area contributed by atoms with Crippen LogP contribution in [-0.2, 0) is 10.2 Å². The number of benzene rings is 1. The van der Waals surface area contributed by atoms with Crippen LogP contribution < -0.4 is 20.1 Å². The molecule has 7 heteroatoms. The summed E-state index contributed by atoms with van der Waals surface area (Å²) in [5.41, 5.74) is 0.779. The minimum Gasteiger partial charge on any atom is -0.459 e. The Labute approximate surface area is 151 Å². The van der Waals surface area contributed by atoms with Crippen LogP contribution in [0.1, 0.15) is 36.4 Å². The highest BCUT2D eigenvalue weighted by molar-refractivity contribution is 5.91. The third-order valence-electron chi connectivity index (χ3n) is 4.26. The Kier molecular flexibility index (Phi) is 5.16. The SMILES string of the molecule is CC(C)(CNC(=O)CCNC(=O)c1ccco1)c1ccc2c(c1)OCO2. The third-order valence-corrected chi connectivity index (χ3v) is 4.26. The average molecular weight is 358 g/mol. The van der Waals surface area contributed by atoms with Crippen LogP contribution in [0.5, 0.6) is 11.5 Å². The number of fused-ring (bicyclic) bond motifs is 1. The van der Waals surface area contributed by atoms with E-state index >= 15 is 0 Å². The number of rotatable bonds is 7. The largest absolute Gasteiger partial charge is 0.459 e. The van der Waals surface area contributed by atoms with E-state index in [1.54, 1.807) is 12.1 Å². The standard InChI is InChI=1S/C19H22N2O5/c1-19(2,13-5-6-14-16(10-13)26-12-25-14)11-21-17(22)7-8-20-18(23)15-4-3-9-24-15/h3-6,9-10H,7-8,11-12H2,1-2H3,(H,20,23)(H,21,22). The number of hydrogen-bond donors (Lipinski definition) is 2. The Balaban J connectivity index is 1.45. The minimum absolute atomic E-state index is 0.126. The molecule has 0 aliphatic carbocycles. The molecule has 0 spiro atoms. The van der Waals surface area contributed by atoms with Gasteiger partial charge in [-0.25, -0.2) is 0 Å². The molecule has 0 fully saturated rings. The molecule has 1 aliphatic rings. The van der Waals surface area contributed by atoms with Crippen molar-refractivity contribution in [2.24, 2.45) is 0 Å². The normalized spacial score (nSPS) is 12.7. The molecular formula is C19H22N2O5. The molecule has 0 unspecified atom stereocenters. The van der Waals surface area contributed by atoms with Gasteiger partial charge in [0.25, 0.3) is 5.91 Å². The Hall–Kier alpha value is -2.96. The zero-order valence-corrected chi connectivity index (χ0v) is 14.8. The van der Waals surface area contributed by atoms with Crippen LogP contribution in [0.2, 0.25) is 0 Å². The van der Waals surface area contributed by atoms with Gasteiger partial charge >= 0.3 is 0 Å². The Morgan fingerprint density at radius 3 is 2.69 bits per heavy atom. The van der Waals surface area contributed by atoms with Gasteiger partial charge in [-0.05, 0) is 29.8 Å². The zero-order valence-electron chi connectivity index (χ0n) is 14.8. The highest BCUT2D eigenvalue weighted by atomic mass is 16.7. The summed E-state index contributed by atoms with van der Waals surface area (Å²) in [7, 11) is 0. The third kappa shape index (κ3) is 4.17. The Bertz CT molecular complexity index is 783. The number of carbonyl (C=O) groups is 2. The molecule has 7 nitrogen and oxygen atoms in total. The Morgan fingerprint density at radius 1 is 1.12 bits per heavy atom. The number of nitrogens with one attached hydrogen (secondary N) is 2. The second kappa shape index (κ2) is 7.51. The summed E-state index contributed by atoms with van der Waals surface area (Å²) in [5.74, 6) is 1.24. The number of furan rings is 1. The van der Waals surface area contributed by atoms with E-state index in [1.807, 2.05) is 32.0 Å². The zero-order chi connectivity index (χ0) is 18.6. The van der Waals surface area contributed by atoms with Gasteiger partial charge in [-0.15, -0.1) is 0 Å². The molecule has 0 radical (unpaired) electrons. The van der Waals surface area contributed by atoms with Gasteiger partial charge in [0.05, 0.1) is 6.26 Å². The Morgan fingerprint density at radius 2 is 1.92 bits per heavy atom. The van der Waals surface area contributed by atoms with Gasteiger partial charge in [0.15, 0.2) is 17.3 Å².